The maximum Gasteiger partial charge on any atom is 0.171 e. The largest absolute Gasteiger partial charge is 0.355 e. The van der Waals surface area contributed by atoms with Crippen LogP contribution in [0, 0.1) is 5.82 Å². The molecule has 0 radical (unpaired) electrons. The molecule has 4 nitrogen and oxygen atoms in total. The summed E-state index contributed by atoms with van der Waals surface area (Å²) in [5.74, 6) is 0.316. The molecule has 0 unspecified atom stereocenters. The molecular formula is C15H12ClFN4S. The van der Waals surface area contributed by atoms with Crippen LogP contribution in [-0.4, -0.2) is 15.1 Å². The first-order chi connectivity index (χ1) is 10.6. The van der Waals surface area contributed by atoms with Crippen molar-refractivity contribution in [3.63, 3.8) is 0 Å². The molecule has 2 aromatic carbocycles. The molecule has 0 spiro atoms. The van der Waals surface area contributed by atoms with Crippen LogP contribution >= 0.6 is 23.8 Å². The number of imidazole rings is 1. The molecule has 0 saturated heterocycles. The second-order valence-corrected chi connectivity index (χ2v) is 5.45. The number of thiocarbonyl (C=S) groups is 1. The Labute approximate surface area is 136 Å². The fraction of sp³-hybridized carbons (Fsp3) is 0.0667. The van der Waals surface area contributed by atoms with Gasteiger partial charge >= 0.3 is 0 Å². The Kier molecular flexibility index (Phi) is 4.22. The number of aromatic nitrogens is 2. The summed E-state index contributed by atoms with van der Waals surface area (Å²) in [7, 11) is 0. The van der Waals surface area contributed by atoms with Crippen molar-refractivity contribution in [3.8, 4) is 0 Å². The zero-order chi connectivity index (χ0) is 15.5. The lowest BCUT2D eigenvalue weighted by molar-refractivity contribution is 0.628. The van der Waals surface area contributed by atoms with Crippen molar-refractivity contribution in [2.75, 3.05) is 5.32 Å². The maximum absolute atomic E-state index is 13.1. The molecule has 3 rings (SSSR count). The molecule has 0 aliphatic heterocycles. The number of rotatable bonds is 3. The Balaban J connectivity index is 1.60. The van der Waals surface area contributed by atoms with E-state index in [-0.39, 0.29) is 5.02 Å². The number of benzene rings is 2. The van der Waals surface area contributed by atoms with Crippen LogP contribution in [0.3, 0.4) is 0 Å². The summed E-state index contributed by atoms with van der Waals surface area (Å²) >= 11 is 10.9. The number of nitrogens with one attached hydrogen (secondary N) is 3. The van der Waals surface area contributed by atoms with E-state index in [4.69, 9.17) is 23.8 Å². The monoisotopic (exact) mass is 334 g/mol. The maximum atomic E-state index is 13.1. The number of para-hydroxylation sites is 2. The third kappa shape index (κ3) is 3.35. The summed E-state index contributed by atoms with van der Waals surface area (Å²) in [5.41, 5.74) is 2.50. The molecule has 0 atom stereocenters. The number of anilines is 1. The van der Waals surface area contributed by atoms with Crippen molar-refractivity contribution >= 4 is 45.7 Å². The van der Waals surface area contributed by atoms with Crippen LogP contribution in [0.2, 0.25) is 5.02 Å². The Morgan fingerprint density at radius 3 is 2.86 bits per heavy atom. The molecule has 3 aromatic rings. The minimum Gasteiger partial charge on any atom is -0.355 e. The lowest BCUT2D eigenvalue weighted by Crippen LogP contribution is -2.28. The van der Waals surface area contributed by atoms with Crippen LogP contribution in [0.15, 0.2) is 42.5 Å². The van der Waals surface area contributed by atoms with E-state index in [0.717, 1.165) is 16.9 Å². The molecule has 0 bridgehead atoms. The van der Waals surface area contributed by atoms with Gasteiger partial charge in [-0.15, -0.1) is 0 Å². The second-order valence-electron chi connectivity index (χ2n) is 4.64. The average Bonchev–Trinajstić information content (AvgIpc) is 2.92. The van der Waals surface area contributed by atoms with Crippen molar-refractivity contribution < 1.29 is 4.39 Å². The fourth-order valence-electron chi connectivity index (χ4n) is 2.00. The first-order valence-electron chi connectivity index (χ1n) is 6.55. The number of halogens is 2. The lowest BCUT2D eigenvalue weighted by Gasteiger charge is -2.09. The van der Waals surface area contributed by atoms with E-state index in [1.54, 1.807) is 6.07 Å². The van der Waals surface area contributed by atoms with Gasteiger partial charge in [0.2, 0.25) is 0 Å². The minimum absolute atomic E-state index is 0.0464. The Morgan fingerprint density at radius 2 is 2.09 bits per heavy atom. The molecule has 22 heavy (non-hydrogen) atoms. The van der Waals surface area contributed by atoms with E-state index >= 15 is 0 Å². The minimum atomic E-state index is -0.464. The smallest absolute Gasteiger partial charge is 0.171 e. The van der Waals surface area contributed by atoms with E-state index in [2.05, 4.69) is 20.6 Å². The summed E-state index contributed by atoms with van der Waals surface area (Å²) in [6.07, 6.45) is 0. The van der Waals surface area contributed by atoms with Crippen LogP contribution in [0.5, 0.6) is 0 Å². The van der Waals surface area contributed by atoms with Crippen molar-refractivity contribution in [1.29, 1.82) is 0 Å². The standard InChI is InChI=1S/C15H12ClFN4S/c16-10-7-9(5-6-11(10)17)19-15(22)18-8-14-20-12-3-1-2-4-13(12)21-14/h1-7H,8H2,(H,20,21)(H2,18,19,22). The number of nitrogens with zero attached hydrogens (tertiary/aromatic N) is 1. The van der Waals surface area contributed by atoms with Gasteiger partial charge in [0.05, 0.1) is 22.6 Å². The van der Waals surface area contributed by atoms with Gasteiger partial charge in [0.25, 0.3) is 0 Å². The van der Waals surface area contributed by atoms with Gasteiger partial charge in [-0.1, -0.05) is 23.7 Å². The molecule has 112 valence electrons. The SMILES string of the molecule is Fc1ccc(NC(=S)NCc2nc3ccccc3[nH]2)cc1Cl. The van der Waals surface area contributed by atoms with Crippen LogP contribution in [0.1, 0.15) is 5.82 Å². The van der Waals surface area contributed by atoms with Crippen molar-refractivity contribution in [1.82, 2.24) is 15.3 Å². The molecule has 7 heteroatoms. The van der Waals surface area contributed by atoms with Crippen molar-refractivity contribution in [3.05, 3.63) is 59.1 Å². The summed E-state index contributed by atoms with van der Waals surface area (Å²) < 4.78 is 13.1. The van der Waals surface area contributed by atoms with E-state index in [1.807, 2.05) is 24.3 Å². The van der Waals surface area contributed by atoms with Gasteiger partial charge in [0, 0.05) is 5.69 Å². The highest BCUT2D eigenvalue weighted by Gasteiger charge is 2.05. The summed E-state index contributed by atoms with van der Waals surface area (Å²) in [6.45, 7) is 0.454. The van der Waals surface area contributed by atoms with E-state index < -0.39 is 5.82 Å². The molecule has 1 aromatic heterocycles. The first-order valence-corrected chi connectivity index (χ1v) is 7.34. The quantitative estimate of drug-likeness (QED) is 0.637. The van der Waals surface area contributed by atoms with Gasteiger partial charge < -0.3 is 15.6 Å². The van der Waals surface area contributed by atoms with Gasteiger partial charge in [-0.05, 0) is 42.5 Å². The predicted octanol–water partition coefficient (Wildman–Crippen LogP) is 3.84. The van der Waals surface area contributed by atoms with E-state index in [1.165, 1.54) is 12.1 Å². The van der Waals surface area contributed by atoms with Gasteiger partial charge in [-0.3, -0.25) is 0 Å². The molecule has 0 amide bonds. The summed E-state index contributed by atoms with van der Waals surface area (Å²) in [6, 6.07) is 12.1. The van der Waals surface area contributed by atoms with Gasteiger partial charge in [-0.2, -0.15) is 0 Å². The van der Waals surface area contributed by atoms with Crippen LogP contribution in [0.25, 0.3) is 11.0 Å². The molecule has 0 fully saturated rings. The molecule has 0 saturated carbocycles. The first kappa shape index (κ1) is 14.7. The molecular weight excluding hydrogens is 323 g/mol. The van der Waals surface area contributed by atoms with Gasteiger partial charge in [0.1, 0.15) is 11.6 Å². The predicted molar refractivity (Wildman–Crippen MR) is 90.6 cm³/mol. The zero-order valence-electron chi connectivity index (χ0n) is 11.4. The number of hydrogen-bond acceptors (Lipinski definition) is 2. The normalized spacial score (nSPS) is 10.6. The molecule has 1 heterocycles. The van der Waals surface area contributed by atoms with Crippen LogP contribution < -0.4 is 10.6 Å². The summed E-state index contributed by atoms with van der Waals surface area (Å²) in [5, 5.41) is 6.43. The van der Waals surface area contributed by atoms with E-state index in [9.17, 15) is 4.39 Å². The number of hydrogen-bond donors (Lipinski definition) is 3. The average molecular weight is 335 g/mol. The highest BCUT2D eigenvalue weighted by molar-refractivity contribution is 7.80. The number of H-pyrrole nitrogens is 1. The summed E-state index contributed by atoms with van der Waals surface area (Å²) in [4.78, 5) is 7.64. The molecule has 3 N–H and O–H groups in total. The third-order valence-electron chi connectivity index (χ3n) is 3.03. The third-order valence-corrected chi connectivity index (χ3v) is 3.57. The molecule has 0 aliphatic rings. The second kappa shape index (κ2) is 6.29. The zero-order valence-corrected chi connectivity index (χ0v) is 12.9. The highest BCUT2D eigenvalue weighted by Crippen LogP contribution is 2.19. The number of fused-ring (bicyclic) bond motifs is 1. The Bertz CT molecular complexity index is 800. The highest BCUT2D eigenvalue weighted by atomic mass is 35.5. The van der Waals surface area contributed by atoms with Crippen LogP contribution in [0.4, 0.5) is 10.1 Å². The van der Waals surface area contributed by atoms with Gasteiger partial charge in [-0.25, -0.2) is 9.37 Å². The van der Waals surface area contributed by atoms with Gasteiger partial charge in [0.15, 0.2) is 5.11 Å². The Hall–Kier alpha value is -2.18. The fourth-order valence-corrected chi connectivity index (χ4v) is 2.37. The number of aromatic amines is 1. The topological polar surface area (TPSA) is 52.7 Å². The lowest BCUT2D eigenvalue weighted by atomic mass is 10.3. The van der Waals surface area contributed by atoms with Crippen molar-refractivity contribution in [2.24, 2.45) is 0 Å². The van der Waals surface area contributed by atoms with E-state index in [0.29, 0.717) is 17.3 Å². The van der Waals surface area contributed by atoms with Crippen LogP contribution in [-0.2, 0) is 6.54 Å². The molecule has 0 aliphatic carbocycles. The van der Waals surface area contributed by atoms with Crippen molar-refractivity contribution in [2.45, 2.75) is 6.54 Å². The Morgan fingerprint density at radius 1 is 1.27 bits per heavy atom.